The lowest BCUT2D eigenvalue weighted by Gasteiger charge is -2.28. The Bertz CT molecular complexity index is 2810. The van der Waals surface area contributed by atoms with Crippen LogP contribution >= 0.6 is 23.5 Å². The zero-order chi connectivity index (χ0) is 48.0. The maximum absolute atomic E-state index is 12.8. The molecule has 2 aromatic heterocycles. The lowest BCUT2D eigenvalue weighted by Crippen LogP contribution is -2.34. The minimum atomic E-state index is -0.251. The van der Waals surface area contributed by atoms with E-state index in [1.165, 1.54) is 33.5 Å². The Kier molecular flexibility index (Phi) is 16.4. The van der Waals surface area contributed by atoms with Crippen LogP contribution in [-0.4, -0.2) is 93.1 Å². The second-order valence-electron chi connectivity index (χ2n) is 14.9. The Morgan fingerprint density at radius 3 is 1.79 bits per heavy atom. The highest BCUT2D eigenvalue weighted by Crippen LogP contribution is 2.34. The fraction of sp³-hybridized carbons (Fsp3) is 0.200. The number of aromatic nitrogens is 2. The summed E-state index contributed by atoms with van der Waals surface area (Å²) in [6, 6.07) is 32.5. The van der Waals surface area contributed by atoms with E-state index in [0.717, 1.165) is 40.1 Å². The van der Waals surface area contributed by atoms with Crippen LogP contribution in [0.5, 0.6) is 23.0 Å². The second kappa shape index (κ2) is 23.2. The number of methoxy groups -OCH3 is 4. The monoisotopic (exact) mass is 952 g/mol. The maximum atomic E-state index is 12.8. The Balaban J connectivity index is 0.000000202. The molecule has 18 heteroatoms. The van der Waals surface area contributed by atoms with E-state index in [4.69, 9.17) is 24.0 Å². The quantitative estimate of drug-likeness (QED) is 0.0994. The first-order valence-electron chi connectivity index (χ1n) is 21.2. The molecule has 16 nitrogen and oxygen atoms in total. The highest BCUT2D eigenvalue weighted by molar-refractivity contribution is 8.14. The van der Waals surface area contributed by atoms with Crippen molar-refractivity contribution in [3.63, 3.8) is 0 Å². The summed E-state index contributed by atoms with van der Waals surface area (Å²) in [6.45, 7) is 2.57. The Morgan fingerprint density at radius 1 is 0.632 bits per heavy atom. The Morgan fingerprint density at radius 2 is 1.19 bits per heavy atom. The average molecular weight is 953 g/mol. The molecule has 0 saturated heterocycles. The number of pyridine rings is 2. The van der Waals surface area contributed by atoms with Crippen molar-refractivity contribution in [1.29, 1.82) is 0 Å². The number of hydrazone groups is 2. The van der Waals surface area contributed by atoms with Crippen LogP contribution in [0.1, 0.15) is 56.3 Å². The highest BCUT2D eigenvalue weighted by atomic mass is 32.2. The smallest absolute Gasteiger partial charge is 0.302 e. The largest absolute Gasteiger partial charge is 0.493 e. The van der Waals surface area contributed by atoms with Gasteiger partial charge in [-0.05, 0) is 96.4 Å². The first-order valence-corrected chi connectivity index (χ1v) is 23.1. The molecule has 2 N–H and O–H groups in total. The minimum Gasteiger partial charge on any atom is -0.493 e. The van der Waals surface area contributed by atoms with E-state index in [2.05, 4.69) is 25.7 Å². The zero-order valence-corrected chi connectivity index (χ0v) is 39.5. The summed E-state index contributed by atoms with van der Waals surface area (Å²) >= 11 is 2.45. The molecular formula is C50H48N8O8S2. The number of rotatable bonds is 15. The molecule has 4 heterocycles. The number of carbonyl (C=O) groups excluding carboxylic acids is 4. The van der Waals surface area contributed by atoms with Gasteiger partial charge in [-0.15, -0.1) is 0 Å². The van der Waals surface area contributed by atoms with Gasteiger partial charge < -0.3 is 29.6 Å². The number of benzene rings is 4. The molecule has 6 aromatic rings. The van der Waals surface area contributed by atoms with Gasteiger partial charge in [0, 0.05) is 64.2 Å². The third-order valence-corrected chi connectivity index (χ3v) is 12.7. The molecular weight excluding hydrogens is 905 g/mol. The number of ether oxygens (including phenoxy) is 4. The summed E-state index contributed by atoms with van der Waals surface area (Å²) in [5.41, 5.74) is 7.27. The second-order valence-corrected chi connectivity index (χ2v) is 16.9. The van der Waals surface area contributed by atoms with Gasteiger partial charge in [0.05, 0.1) is 58.2 Å². The van der Waals surface area contributed by atoms with Gasteiger partial charge in [0.1, 0.15) is 0 Å². The van der Waals surface area contributed by atoms with Crippen LogP contribution in [0.15, 0.2) is 144 Å². The molecule has 68 heavy (non-hydrogen) atoms. The van der Waals surface area contributed by atoms with Crippen molar-refractivity contribution in [2.45, 2.75) is 31.7 Å². The van der Waals surface area contributed by atoms with Crippen LogP contribution in [0, 0.1) is 0 Å². The van der Waals surface area contributed by atoms with Gasteiger partial charge in [-0.3, -0.25) is 29.1 Å². The number of nitrogens with zero attached hydrogens (tertiary/aromatic N) is 6. The van der Waals surface area contributed by atoms with Crippen molar-refractivity contribution in [2.24, 2.45) is 10.2 Å². The van der Waals surface area contributed by atoms with Crippen LogP contribution in [0.25, 0.3) is 0 Å². The van der Waals surface area contributed by atoms with Crippen molar-refractivity contribution < 1.29 is 38.1 Å². The van der Waals surface area contributed by atoms with E-state index in [9.17, 15) is 19.2 Å². The standard InChI is InChI=1S/C26H26N4O4S.C24H22N4O4S/c1-4-23-24(19-7-10-21(33-2)22(15-19)34-3)29-30(26(32)35-23)16-17-5-8-20(9-6-17)28-25(31)18-11-13-27-14-12-18;1-31-21-8-7-17(13-22(21)32-2)20-15-33-24(30)28(27-20)14-18-5-3-4-6-19(18)26-23(29)16-9-11-25-12-10-16/h5-15,23H,4,16H2,1-3H3,(H,28,31);3-13H,14-15H2,1-2H3,(H,26,29). The molecule has 2 aliphatic heterocycles. The molecule has 1 unspecified atom stereocenters. The maximum Gasteiger partial charge on any atom is 0.302 e. The number of carbonyl (C=O) groups is 4. The van der Waals surface area contributed by atoms with E-state index in [0.29, 0.717) is 57.8 Å². The van der Waals surface area contributed by atoms with E-state index < -0.39 is 0 Å². The number of nitrogens with one attached hydrogen (secondary N) is 2. The summed E-state index contributed by atoms with van der Waals surface area (Å²) in [4.78, 5) is 58.2. The van der Waals surface area contributed by atoms with Gasteiger partial charge >= 0.3 is 10.5 Å². The number of amides is 4. The van der Waals surface area contributed by atoms with E-state index in [1.807, 2.05) is 85.8 Å². The van der Waals surface area contributed by atoms with Crippen molar-refractivity contribution in [3.8, 4) is 23.0 Å². The Labute approximate surface area is 402 Å². The predicted octanol–water partition coefficient (Wildman–Crippen LogP) is 9.63. The third kappa shape index (κ3) is 12.0. The van der Waals surface area contributed by atoms with E-state index in [1.54, 1.807) is 83.6 Å². The molecule has 2 aliphatic rings. The molecule has 0 fully saturated rings. The summed E-state index contributed by atoms with van der Waals surface area (Å²) in [6.07, 6.45) is 7.05. The number of hydrogen-bond donors (Lipinski definition) is 2. The van der Waals surface area contributed by atoms with Crippen LogP contribution < -0.4 is 29.6 Å². The lowest BCUT2D eigenvalue weighted by molar-refractivity contribution is 0.101. The highest BCUT2D eigenvalue weighted by Gasteiger charge is 2.31. The van der Waals surface area contributed by atoms with Gasteiger partial charge in [-0.2, -0.15) is 10.2 Å². The number of para-hydroxylation sites is 1. The SMILES string of the molecule is CCC1SC(=O)N(Cc2ccc(NC(=O)c3ccncc3)cc2)N=C1c1ccc(OC)c(OC)c1.COc1ccc(C2=NN(Cc3ccccc3NC(=O)c3ccncc3)C(=O)SC2)cc1OC. The topological polar surface area (TPSA) is 186 Å². The Hall–Kier alpha value is -7.70. The molecule has 0 spiro atoms. The number of anilines is 2. The van der Waals surface area contributed by atoms with Crippen molar-refractivity contribution in [3.05, 3.63) is 167 Å². The minimum absolute atomic E-state index is 0.0531. The van der Waals surface area contributed by atoms with Gasteiger partial charge in [0.25, 0.3) is 11.8 Å². The van der Waals surface area contributed by atoms with E-state index >= 15 is 0 Å². The summed E-state index contributed by atoms with van der Waals surface area (Å²) in [7, 11) is 6.34. The summed E-state index contributed by atoms with van der Waals surface area (Å²) in [5, 5.41) is 17.7. The fourth-order valence-corrected chi connectivity index (χ4v) is 8.65. The van der Waals surface area contributed by atoms with Gasteiger partial charge in [-0.1, -0.05) is 60.8 Å². The van der Waals surface area contributed by atoms with E-state index in [-0.39, 0.29) is 34.1 Å². The predicted molar refractivity (Wildman–Crippen MR) is 265 cm³/mol. The van der Waals surface area contributed by atoms with Crippen LogP contribution in [-0.2, 0) is 13.1 Å². The van der Waals surface area contributed by atoms with Crippen molar-refractivity contribution in [2.75, 3.05) is 44.8 Å². The normalized spacial score (nSPS) is 14.4. The third-order valence-electron chi connectivity index (χ3n) is 10.6. The van der Waals surface area contributed by atoms with Crippen LogP contribution in [0.4, 0.5) is 21.0 Å². The number of thioether (sulfide) groups is 2. The lowest BCUT2D eigenvalue weighted by atomic mass is 10.0. The molecule has 4 aromatic carbocycles. The molecule has 8 rings (SSSR count). The van der Waals surface area contributed by atoms with Crippen molar-refractivity contribution in [1.82, 2.24) is 20.0 Å². The molecule has 4 amide bonds. The first kappa shape index (κ1) is 48.2. The molecule has 0 bridgehead atoms. The first-order chi connectivity index (χ1) is 33.1. The average Bonchev–Trinajstić information content (AvgIpc) is 3.38. The van der Waals surface area contributed by atoms with Gasteiger partial charge in [0.15, 0.2) is 23.0 Å². The number of hydrogen-bond acceptors (Lipinski definition) is 14. The van der Waals surface area contributed by atoms with Gasteiger partial charge in [0.2, 0.25) is 0 Å². The zero-order valence-electron chi connectivity index (χ0n) is 37.9. The van der Waals surface area contributed by atoms with Gasteiger partial charge in [-0.25, -0.2) is 10.0 Å². The fourth-order valence-electron chi connectivity index (χ4n) is 6.98. The molecule has 0 radical (unpaired) electrons. The molecule has 0 saturated carbocycles. The van der Waals surface area contributed by atoms with Crippen LogP contribution in [0.2, 0.25) is 0 Å². The molecule has 348 valence electrons. The molecule has 1 atom stereocenters. The van der Waals surface area contributed by atoms with Crippen molar-refractivity contribution >= 4 is 68.6 Å². The summed E-state index contributed by atoms with van der Waals surface area (Å²) in [5.74, 6) is 2.45. The summed E-state index contributed by atoms with van der Waals surface area (Å²) < 4.78 is 21.5. The van der Waals surface area contributed by atoms with Crippen LogP contribution in [0.3, 0.4) is 0 Å². The molecule has 0 aliphatic carbocycles.